The lowest BCUT2D eigenvalue weighted by Crippen LogP contribution is -2.43. The number of ether oxygens (including phenoxy) is 2. The van der Waals surface area contributed by atoms with Gasteiger partial charge >= 0.3 is 12.1 Å². The average molecular weight is 480 g/mol. The molecule has 0 atom stereocenters. The monoisotopic (exact) mass is 479 g/mol. The van der Waals surface area contributed by atoms with Gasteiger partial charge in [0.1, 0.15) is 17.4 Å². The van der Waals surface area contributed by atoms with E-state index >= 15 is 0 Å². The highest BCUT2D eigenvalue weighted by atomic mass is 16.6. The molecule has 184 valence electrons. The molecule has 0 bridgehead atoms. The number of esters is 1. The minimum absolute atomic E-state index is 0.0722. The van der Waals surface area contributed by atoms with Gasteiger partial charge in [0.25, 0.3) is 0 Å². The molecule has 9 nitrogen and oxygen atoms in total. The zero-order chi connectivity index (χ0) is 25.0. The normalized spacial score (nSPS) is 14.5. The third kappa shape index (κ3) is 6.38. The molecule has 3 aromatic rings. The predicted molar refractivity (Wildman–Crippen MR) is 129 cm³/mol. The Balaban J connectivity index is 1.25. The molecule has 2 aromatic carbocycles. The lowest BCUT2D eigenvalue weighted by atomic mass is 10.1. The zero-order valence-electron chi connectivity index (χ0n) is 20.1. The minimum Gasteiger partial charge on any atom is -0.459 e. The van der Waals surface area contributed by atoms with E-state index < -0.39 is 11.6 Å². The molecule has 1 fully saturated rings. The zero-order valence-corrected chi connectivity index (χ0v) is 20.1. The smallest absolute Gasteiger partial charge is 0.410 e. The maximum Gasteiger partial charge on any atom is 0.410 e. The first-order chi connectivity index (χ1) is 16.7. The van der Waals surface area contributed by atoms with Crippen molar-refractivity contribution in [3.8, 4) is 0 Å². The van der Waals surface area contributed by atoms with Gasteiger partial charge in [0.15, 0.2) is 5.58 Å². The quantitative estimate of drug-likeness (QED) is 0.534. The number of nitrogens with zero attached hydrogens (tertiary/aromatic N) is 2. The molecule has 0 spiro atoms. The molecule has 35 heavy (non-hydrogen) atoms. The second-order valence-electron chi connectivity index (χ2n) is 9.50. The van der Waals surface area contributed by atoms with Gasteiger partial charge in [-0.3, -0.25) is 4.79 Å². The second kappa shape index (κ2) is 10.2. The van der Waals surface area contributed by atoms with Crippen LogP contribution in [0.5, 0.6) is 0 Å². The highest BCUT2D eigenvalue weighted by Gasteiger charge is 2.28. The first-order valence-electron chi connectivity index (χ1n) is 11.6. The number of carbonyl (C=O) groups excluding carboxylic acids is 3. The maximum atomic E-state index is 12.6. The van der Waals surface area contributed by atoms with Gasteiger partial charge in [-0.2, -0.15) is 0 Å². The topological polar surface area (TPSA) is 111 Å². The molecule has 2 amide bonds. The van der Waals surface area contributed by atoms with Crippen molar-refractivity contribution in [2.45, 2.75) is 51.7 Å². The van der Waals surface area contributed by atoms with E-state index in [2.05, 4.69) is 10.5 Å². The fraction of sp³-hybridized carbons (Fsp3) is 0.385. The van der Waals surface area contributed by atoms with Crippen LogP contribution in [-0.2, 0) is 20.7 Å². The third-order valence-electron chi connectivity index (χ3n) is 5.55. The number of para-hydroxylation sites is 1. The summed E-state index contributed by atoms with van der Waals surface area (Å²) in [6.45, 7) is 6.43. The number of amides is 2. The standard InChI is InChI=1S/C26H29N3O6/c1-26(2,3)34-25(32)29-14-12-19(13-15-29)33-24(31)17-8-10-18(11-9-17)27-23(30)16-21-20-6-4-5-7-22(20)35-28-21/h4-11,19H,12-16H2,1-3H3,(H,27,30). The fourth-order valence-corrected chi connectivity index (χ4v) is 3.81. The molecule has 1 aliphatic rings. The van der Waals surface area contributed by atoms with Gasteiger partial charge in [0.05, 0.1) is 12.0 Å². The van der Waals surface area contributed by atoms with Gasteiger partial charge in [-0.15, -0.1) is 0 Å². The number of aromatic nitrogens is 1. The highest BCUT2D eigenvalue weighted by molar-refractivity contribution is 5.95. The minimum atomic E-state index is -0.545. The highest BCUT2D eigenvalue weighted by Crippen LogP contribution is 2.21. The predicted octanol–water partition coefficient (Wildman–Crippen LogP) is 4.57. The van der Waals surface area contributed by atoms with Gasteiger partial charge in [-0.1, -0.05) is 17.3 Å². The van der Waals surface area contributed by atoms with Crippen LogP contribution in [-0.4, -0.2) is 52.8 Å². The van der Waals surface area contributed by atoms with E-state index in [0.29, 0.717) is 48.5 Å². The number of piperidine rings is 1. The summed E-state index contributed by atoms with van der Waals surface area (Å²) in [6, 6.07) is 13.9. The van der Waals surface area contributed by atoms with Gasteiger partial charge in [-0.05, 0) is 57.2 Å². The van der Waals surface area contributed by atoms with Gasteiger partial charge in [0, 0.05) is 37.0 Å². The Kier molecular flexibility index (Phi) is 7.04. The van der Waals surface area contributed by atoms with E-state index in [1.54, 1.807) is 35.2 Å². The Morgan fingerprint density at radius 3 is 2.43 bits per heavy atom. The number of nitrogens with one attached hydrogen (secondary N) is 1. The van der Waals surface area contributed by atoms with Crippen molar-refractivity contribution in [1.82, 2.24) is 10.1 Å². The molecule has 2 heterocycles. The summed E-state index contributed by atoms with van der Waals surface area (Å²) in [4.78, 5) is 38.8. The van der Waals surface area contributed by atoms with Crippen molar-refractivity contribution in [1.29, 1.82) is 0 Å². The number of rotatable bonds is 5. The van der Waals surface area contributed by atoms with Crippen molar-refractivity contribution in [2.24, 2.45) is 0 Å². The molecule has 1 aliphatic heterocycles. The number of hydrogen-bond acceptors (Lipinski definition) is 7. The number of fused-ring (bicyclic) bond motifs is 1. The summed E-state index contributed by atoms with van der Waals surface area (Å²) in [7, 11) is 0. The molecular formula is C26H29N3O6. The van der Waals surface area contributed by atoms with Gasteiger partial charge in [0.2, 0.25) is 5.91 Å². The van der Waals surface area contributed by atoms with Gasteiger partial charge in [-0.25, -0.2) is 9.59 Å². The van der Waals surface area contributed by atoms with Crippen LogP contribution in [0.2, 0.25) is 0 Å². The van der Waals surface area contributed by atoms with E-state index in [1.807, 2.05) is 39.0 Å². The van der Waals surface area contributed by atoms with Gasteiger partial charge < -0.3 is 24.2 Å². The SMILES string of the molecule is CC(C)(C)OC(=O)N1CCC(OC(=O)c2ccc(NC(=O)Cc3noc4ccccc34)cc2)CC1. The van der Waals surface area contributed by atoms with Crippen LogP contribution in [0.25, 0.3) is 11.0 Å². The van der Waals surface area contributed by atoms with E-state index in [9.17, 15) is 14.4 Å². The van der Waals surface area contributed by atoms with Crippen LogP contribution >= 0.6 is 0 Å². The fourth-order valence-electron chi connectivity index (χ4n) is 3.81. The Labute approximate surface area is 203 Å². The Bertz CT molecular complexity index is 1200. The summed E-state index contributed by atoms with van der Waals surface area (Å²) in [5.41, 5.74) is 1.60. The molecule has 0 unspecified atom stereocenters. The molecule has 1 N–H and O–H groups in total. The number of benzene rings is 2. The summed E-state index contributed by atoms with van der Waals surface area (Å²) >= 11 is 0. The first-order valence-corrected chi connectivity index (χ1v) is 11.6. The summed E-state index contributed by atoms with van der Waals surface area (Å²) in [5, 5.41) is 7.58. The third-order valence-corrected chi connectivity index (χ3v) is 5.55. The Morgan fingerprint density at radius 2 is 1.74 bits per heavy atom. The van der Waals surface area contributed by atoms with Crippen LogP contribution in [0.4, 0.5) is 10.5 Å². The lowest BCUT2D eigenvalue weighted by molar-refractivity contribution is -0.115. The van der Waals surface area contributed by atoms with Crippen molar-refractivity contribution in [3.05, 3.63) is 59.8 Å². The van der Waals surface area contributed by atoms with Crippen molar-refractivity contribution >= 4 is 34.6 Å². The summed E-state index contributed by atoms with van der Waals surface area (Å²) < 4.78 is 16.2. The van der Waals surface area contributed by atoms with E-state index in [0.717, 1.165) is 5.39 Å². The number of anilines is 1. The van der Waals surface area contributed by atoms with E-state index in [1.165, 1.54) is 0 Å². The molecule has 0 radical (unpaired) electrons. The summed E-state index contributed by atoms with van der Waals surface area (Å²) in [5.74, 6) is -0.677. The van der Waals surface area contributed by atoms with Crippen LogP contribution in [0, 0.1) is 0 Å². The molecule has 0 saturated carbocycles. The van der Waals surface area contributed by atoms with Crippen molar-refractivity contribution in [2.75, 3.05) is 18.4 Å². The maximum absolute atomic E-state index is 12.6. The number of likely N-dealkylation sites (tertiary alicyclic amines) is 1. The molecular weight excluding hydrogens is 450 g/mol. The number of carbonyl (C=O) groups is 3. The van der Waals surface area contributed by atoms with Crippen molar-refractivity contribution < 1.29 is 28.4 Å². The Hall–Kier alpha value is -3.88. The molecule has 4 rings (SSSR count). The van der Waals surface area contributed by atoms with E-state index in [4.69, 9.17) is 14.0 Å². The van der Waals surface area contributed by atoms with Crippen LogP contribution in [0.15, 0.2) is 53.1 Å². The second-order valence-corrected chi connectivity index (χ2v) is 9.50. The Morgan fingerprint density at radius 1 is 1.06 bits per heavy atom. The average Bonchev–Trinajstić information content (AvgIpc) is 3.21. The largest absolute Gasteiger partial charge is 0.459 e. The first kappa shape index (κ1) is 24.3. The van der Waals surface area contributed by atoms with Crippen LogP contribution < -0.4 is 5.32 Å². The lowest BCUT2D eigenvalue weighted by Gasteiger charge is -2.33. The molecule has 0 aliphatic carbocycles. The van der Waals surface area contributed by atoms with E-state index in [-0.39, 0.29) is 24.5 Å². The molecule has 1 aromatic heterocycles. The summed E-state index contributed by atoms with van der Waals surface area (Å²) in [6.07, 6.45) is 0.559. The number of hydrogen-bond donors (Lipinski definition) is 1. The molecule has 9 heteroatoms. The van der Waals surface area contributed by atoms with Crippen molar-refractivity contribution in [3.63, 3.8) is 0 Å². The molecule has 1 saturated heterocycles. The van der Waals surface area contributed by atoms with Crippen LogP contribution in [0.3, 0.4) is 0 Å². The van der Waals surface area contributed by atoms with Crippen LogP contribution in [0.1, 0.15) is 49.7 Å².